The van der Waals surface area contributed by atoms with E-state index in [1.165, 1.54) is 30.3 Å². The number of hydrogen-bond donors (Lipinski definition) is 0. The van der Waals surface area contributed by atoms with E-state index in [0.717, 1.165) is 6.54 Å². The predicted octanol–water partition coefficient (Wildman–Crippen LogP) is 5.42. The third-order valence-corrected chi connectivity index (χ3v) is 4.26. The fourth-order valence-electron chi connectivity index (χ4n) is 2.28. The Bertz CT molecular complexity index is 852. The highest BCUT2D eigenvalue weighted by atomic mass is 35.5. The van der Waals surface area contributed by atoms with Crippen LogP contribution in [-0.2, 0) is 0 Å². The van der Waals surface area contributed by atoms with Gasteiger partial charge in [-0.05, 0) is 68.3 Å². The Morgan fingerprint density at radius 1 is 1.22 bits per heavy atom. The zero-order chi connectivity index (χ0) is 20.2. The van der Waals surface area contributed by atoms with Crippen molar-refractivity contribution in [2.24, 2.45) is 4.99 Å². The van der Waals surface area contributed by atoms with Gasteiger partial charge < -0.3 is 9.64 Å². The van der Waals surface area contributed by atoms with Gasteiger partial charge >= 0.3 is 6.11 Å². The van der Waals surface area contributed by atoms with Crippen LogP contribution in [0.25, 0.3) is 0 Å². The van der Waals surface area contributed by atoms with Crippen LogP contribution in [0.15, 0.2) is 41.4 Å². The molecule has 0 aliphatic rings. The Morgan fingerprint density at radius 2 is 1.85 bits per heavy atom. The number of nitrogens with zero attached hydrogens (tertiary/aromatic N) is 2. The summed E-state index contributed by atoms with van der Waals surface area (Å²) in [5, 5.41) is 0.383. The van der Waals surface area contributed by atoms with Crippen molar-refractivity contribution in [3.63, 3.8) is 0 Å². The van der Waals surface area contributed by atoms with E-state index < -0.39 is 11.9 Å². The van der Waals surface area contributed by atoms with Crippen LogP contribution in [0.2, 0.25) is 5.02 Å². The van der Waals surface area contributed by atoms with Gasteiger partial charge in [-0.2, -0.15) is 8.78 Å². The topological polar surface area (TPSA) is 41.9 Å². The molecule has 0 amide bonds. The van der Waals surface area contributed by atoms with Gasteiger partial charge in [-0.3, -0.25) is 4.79 Å². The third-order valence-electron chi connectivity index (χ3n) is 4.00. The van der Waals surface area contributed by atoms with Gasteiger partial charge in [-0.1, -0.05) is 11.6 Å². The second-order valence-electron chi connectivity index (χ2n) is 6.17. The summed E-state index contributed by atoms with van der Waals surface area (Å²) in [6, 6.07) is 8.41. The van der Waals surface area contributed by atoms with Gasteiger partial charge in [0, 0.05) is 24.2 Å². The lowest BCUT2D eigenvalue weighted by Crippen LogP contribution is -2.35. The minimum Gasteiger partial charge on any atom is -0.426 e. The van der Waals surface area contributed by atoms with E-state index in [1.54, 1.807) is 26.3 Å². The maximum absolute atomic E-state index is 14.4. The first-order valence-corrected chi connectivity index (χ1v) is 8.74. The molecule has 0 unspecified atom stereocenters. The zero-order valence-corrected chi connectivity index (χ0v) is 16.3. The number of hydrogen-bond acceptors (Lipinski definition) is 3. The summed E-state index contributed by atoms with van der Waals surface area (Å²) < 4.78 is 33.3. The maximum atomic E-state index is 14.4. The molecule has 0 fully saturated rings. The van der Waals surface area contributed by atoms with E-state index in [0.29, 0.717) is 21.8 Å². The summed E-state index contributed by atoms with van der Waals surface area (Å²) >= 11 is 5.72. The molecule has 27 heavy (non-hydrogen) atoms. The molecule has 0 aliphatic heterocycles. The van der Waals surface area contributed by atoms with Gasteiger partial charge in [0.2, 0.25) is 0 Å². The first kappa shape index (κ1) is 20.8. The lowest BCUT2D eigenvalue weighted by molar-refractivity contribution is -0.133. The summed E-state index contributed by atoms with van der Waals surface area (Å²) in [5.41, 5.74) is 1.53. The number of carbonyl (C=O) groups excluding carboxylic acids is 1. The van der Waals surface area contributed by atoms with Gasteiger partial charge in [-0.25, -0.2) is 4.99 Å². The second kappa shape index (κ2) is 8.48. The minimum atomic E-state index is -4.00. The molecule has 0 bridgehead atoms. The number of ketones is 1. The zero-order valence-electron chi connectivity index (χ0n) is 15.6. The standard InChI is InChI=1S/C20H21ClF2N2O2/c1-5-25(4)12-24-18-11-13(2)17(10-14(18)3)19(26)20(22,23)27-16-8-6-15(21)7-9-16/h6-12H,5H2,1-4H3/b24-12-. The number of ether oxygens (including phenoxy) is 1. The predicted molar refractivity (Wildman–Crippen MR) is 104 cm³/mol. The van der Waals surface area contributed by atoms with Crippen molar-refractivity contribution in [1.29, 1.82) is 0 Å². The van der Waals surface area contributed by atoms with Crippen molar-refractivity contribution in [3.05, 3.63) is 58.1 Å². The van der Waals surface area contributed by atoms with Crippen molar-refractivity contribution in [1.82, 2.24) is 4.90 Å². The largest absolute Gasteiger partial charge is 0.466 e. The highest BCUT2D eigenvalue weighted by Crippen LogP contribution is 2.30. The molecule has 2 rings (SSSR count). The van der Waals surface area contributed by atoms with Gasteiger partial charge in [0.05, 0.1) is 12.0 Å². The first-order chi connectivity index (χ1) is 12.6. The monoisotopic (exact) mass is 394 g/mol. The van der Waals surface area contributed by atoms with E-state index in [9.17, 15) is 13.6 Å². The fraction of sp³-hybridized carbons (Fsp3) is 0.300. The molecule has 0 saturated carbocycles. The van der Waals surface area contributed by atoms with Crippen LogP contribution in [0.1, 0.15) is 28.4 Å². The first-order valence-electron chi connectivity index (χ1n) is 8.37. The number of halogens is 3. The molecule has 0 heterocycles. The molecular weight excluding hydrogens is 374 g/mol. The van der Waals surface area contributed by atoms with Crippen molar-refractivity contribution < 1.29 is 18.3 Å². The molecule has 0 aliphatic carbocycles. The highest BCUT2D eigenvalue weighted by Gasteiger charge is 2.43. The van der Waals surface area contributed by atoms with Crippen LogP contribution >= 0.6 is 11.6 Å². The molecule has 0 aromatic heterocycles. The molecule has 2 aromatic rings. The highest BCUT2D eigenvalue weighted by molar-refractivity contribution is 6.30. The van der Waals surface area contributed by atoms with Crippen molar-refractivity contribution in [2.75, 3.05) is 13.6 Å². The normalized spacial score (nSPS) is 11.7. The Balaban J connectivity index is 2.28. The smallest absolute Gasteiger partial charge is 0.426 e. The van der Waals surface area contributed by atoms with E-state index in [2.05, 4.69) is 9.73 Å². The Kier molecular flexibility index (Phi) is 6.54. The van der Waals surface area contributed by atoms with E-state index in [-0.39, 0.29) is 11.3 Å². The number of Topliss-reactive ketones (excluding diaryl/α,β-unsaturated/α-hetero) is 1. The molecule has 0 atom stereocenters. The van der Waals surface area contributed by atoms with Crippen molar-refractivity contribution >= 4 is 29.4 Å². The number of aryl methyl sites for hydroxylation is 2. The van der Waals surface area contributed by atoms with Crippen molar-refractivity contribution in [2.45, 2.75) is 26.9 Å². The van der Waals surface area contributed by atoms with Crippen LogP contribution in [0.5, 0.6) is 5.75 Å². The maximum Gasteiger partial charge on any atom is 0.466 e. The van der Waals surface area contributed by atoms with E-state index >= 15 is 0 Å². The number of carbonyl (C=O) groups is 1. The number of alkyl halides is 2. The molecule has 0 N–H and O–H groups in total. The molecule has 7 heteroatoms. The van der Waals surface area contributed by atoms with Gasteiger partial charge in [0.25, 0.3) is 5.78 Å². The fourth-order valence-corrected chi connectivity index (χ4v) is 2.41. The lowest BCUT2D eigenvalue weighted by atomic mass is 10.00. The average Bonchev–Trinajstić information content (AvgIpc) is 2.62. The number of benzene rings is 2. The summed E-state index contributed by atoms with van der Waals surface area (Å²) in [7, 11) is 1.87. The van der Waals surface area contributed by atoms with Crippen LogP contribution in [0, 0.1) is 13.8 Å². The summed E-state index contributed by atoms with van der Waals surface area (Å²) in [6.07, 6.45) is -2.35. The summed E-state index contributed by atoms with van der Waals surface area (Å²) in [6.45, 7) is 6.07. The van der Waals surface area contributed by atoms with Crippen LogP contribution in [0.4, 0.5) is 14.5 Å². The molecule has 0 spiro atoms. The molecular formula is C20H21ClF2N2O2. The average molecular weight is 395 g/mol. The van der Waals surface area contributed by atoms with E-state index in [4.69, 9.17) is 11.6 Å². The Labute approximate surface area is 162 Å². The SMILES string of the molecule is CCN(C)/C=N\c1cc(C)c(C(=O)C(F)(F)Oc2ccc(Cl)cc2)cc1C. The minimum absolute atomic E-state index is 0.103. The Morgan fingerprint density at radius 3 is 2.44 bits per heavy atom. The van der Waals surface area contributed by atoms with Crippen LogP contribution < -0.4 is 4.74 Å². The van der Waals surface area contributed by atoms with Gasteiger partial charge in [-0.15, -0.1) is 0 Å². The lowest BCUT2D eigenvalue weighted by Gasteiger charge is -2.18. The summed E-state index contributed by atoms with van der Waals surface area (Å²) in [4.78, 5) is 18.6. The Hall–Kier alpha value is -2.47. The quantitative estimate of drug-likeness (QED) is 0.357. The number of rotatable bonds is 7. The molecule has 144 valence electrons. The van der Waals surface area contributed by atoms with Crippen LogP contribution in [0.3, 0.4) is 0 Å². The van der Waals surface area contributed by atoms with E-state index in [1.807, 2.05) is 18.9 Å². The number of aliphatic imine (C=N–C) groups is 1. The van der Waals surface area contributed by atoms with Crippen molar-refractivity contribution in [3.8, 4) is 5.75 Å². The van der Waals surface area contributed by atoms with Gasteiger partial charge in [0.15, 0.2) is 0 Å². The summed E-state index contributed by atoms with van der Waals surface area (Å²) in [5.74, 6) is -1.55. The van der Waals surface area contributed by atoms with Gasteiger partial charge in [0.1, 0.15) is 5.75 Å². The van der Waals surface area contributed by atoms with Crippen LogP contribution in [-0.4, -0.2) is 36.7 Å². The molecule has 4 nitrogen and oxygen atoms in total. The molecule has 0 saturated heterocycles. The third kappa shape index (κ3) is 5.26. The molecule has 2 aromatic carbocycles. The second-order valence-corrected chi connectivity index (χ2v) is 6.61. The molecule has 0 radical (unpaired) electrons.